The van der Waals surface area contributed by atoms with Crippen LogP contribution in [0.4, 0.5) is 17.6 Å². The van der Waals surface area contributed by atoms with Crippen LogP contribution in [-0.4, -0.2) is 30.3 Å². The molecule has 2 aromatic rings. The monoisotopic (exact) mass is 413 g/mol. The van der Waals surface area contributed by atoms with Crippen molar-refractivity contribution in [2.24, 2.45) is 0 Å². The van der Waals surface area contributed by atoms with Crippen molar-refractivity contribution in [3.05, 3.63) is 59.4 Å². The van der Waals surface area contributed by atoms with Gasteiger partial charge < -0.3 is 4.84 Å². The van der Waals surface area contributed by atoms with Crippen LogP contribution in [0.15, 0.2) is 52.3 Å². The summed E-state index contributed by atoms with van der Waals surface area (Å²) in [5.41, 5.74) is 2.08. The Hall–Kier alpha value is -2.06. The number of carbonyl (C=O) groups is 1. The number of benzene rings is 2. The molecule has 0 atom stereocenters. The average Bonchev–Trinajstić information content (AvgIpc) is 2.64. The van der Waals surface area contributed by atoms with Crippen LogP contribution in [0, 0.1) is 12.7 Å². The van der Waals surface area contributed by atoms with Crippen molar-refractivity contribution in [3.63, 3.8) is 0 Å². The second-order valence-electron chi connectivity index (χ2n) is 6.68. The van der Waals surface area contributed by atoms with Gasteiger partial charge in [-0.2, -0.15) is 13.2 Å². The van der Waals surface area contributed by atoms with Gasteiger partial charge in [0.1, 0.15) is 5.82 Å². The molecule has 0 spiro atoms. The van der Waals surface area contributed by atoms with Crippen molar-refractivity contribution in [1.82, 2.24) is 5.06 Å². The molecule has 1 aliphatic rings. The molecule has 28 heavy (non-hydrogen) atoms. The van der Waals surface area contributed by atoms with Gasteiger partial charge in [0.2, 0.25) is 0 Å². The molecule has 0 unspecified atom stereocenters. The van der Waals surface area contributed by atoms with E-state index in [2.05, 4.69) is 4.84 Å². The predicted octanol–water partition coefficient (Wildman–Crippen LogP) is 5.49. The Morgan fingerprint density at radius 3 is 2.36 bits per heavy atom. The summed E-state index contributed by atoms with van der Waals surface area (Å²) in [6, 6.07) is 12.5. The van der Waals surface area contributed by atoms with Gasteiger partial charge in [-0.15, -0.1) is 5.06 Å². The van der Waals surface area contributed by atoms with Crippen LogP contribution in [0.5, 0.6) is 0 Å². The molecule has 1 fully saturated rings. The summed E-state index contributed by atoms with van der Waals surface area (Å²) in [6.07, 6.45) is -3.98. The minimum atomic E-state index is -5.01. The highest BCUT2D eigenvalue weighted by molar-refractivity contribution is 7.99. The number of nitrogens with zero attached hydrogens (tertiary/aromatic N) is 1. The normalized spacial score (nSPS) is 16.2. The number of carbonyl (C=O) groups excluding carboxylic acids is 1. The van der Waals surface area contributed by atoms with Gasteiger partial charge in [0, 0.05) is 22.9 Å². The highest BCUT2D eigenvalue weighted by Gasteiger charge is 2.43. The lowest BCUT2D eigenvalue weighted by atomic mass is 9.90. The molecular weight excluding hydrogens is 394 g/mol. The number of hydrogen-bond donors (Lipinski definition) is 0. The molecule has 1 saturated heterocycles. The summed E-state index contributed by atoms with van der Waals surface area (Å²) < 4.78 is 50.8. The Morgan fingerprint density at radius 1 is 1.11 bits per heavy atom. The van der Waals surface area contributed by atoms with Crippen LogP contribution in [0.1, 0.15) is 29.9 Å². The van der Waals surface area contributed by atoms with Crippen LogP contribution in [0.2, 0.25) is 0 Å². The van der Waals surface area contributed by atoms with E-state index in [1.165, 1.54) is 23.9 Å². The average molecular weight is 413 g/mol. The molecule has 150 valence electrons. The fourth-order valence-corrected chi connectivity index (χ4v) is 4.14. The maximum absolute atomic E-state index is 13.8. The van der Waals surface area contributed by atoms with E-state index in [0.717, 1.165) is 26.0 Å². The van der Waals surface area contributed by atoms with Gasteiger partial charge in [-0.25, -0.2) is 9.18 Å². The van der Waals surface area contributed by atoms with E-state index in [1.807, 2.05) is 31.2 Å². The molecule has 2 aromatic carbocycles. The number of hydrogen-bond acceptors (Lipinski definition) is 4. The summed E-state index contributed by atoms with van der Waals surface area (Å²) in [4.78, 5) is 17.1. The smallest absolute Gasteiger partial charge is 0.361 e. The molecule has 3 nitrogen and oxygen atoms in total. The SMILES string of the molecule is Cc1ccc(Sc2cc(F)ccc2C2CCN(OC(=O)C(F)(F)F)CC2)cc1. The molecule has 0 N–H and O–H groups in total. The number of alkyl halides is 3. The summed E-state index contributed by atoms with van der Waals surface area (Å²) >= 11 is 1.46. The first kappa shape index (κ1) is 20.7. The van der Waals surface area contributed by atoms with Gasteiger partial charge in [-0.1, -0.05) is 35.5 Å². The Labute approximate surface area is 164 Å². The molecule has 0 radical (unpaired) electrons. The van der Waals surface area contributed by atoms with E-state index in [4.69, 9.17) is 0 Å². The van der Waals surface area contributed by atoms with Crippen LogP contribution in [0.25, 0.3) is 0 Å². The Kier molecular flexibility index (Phi) is 6.30. The molecule has 0 aromatic heterocycles. The van der Waals surface area contributed by atoms with Crippen molar-refractivity contribution in [3.8, 4) is 0 Å². The topological polar surface area (TPSA) is 29.5 Å². The lowest BCUT2D eigenvalue weighted by molar-refractivity contribution is -0.241. The maximum Gasteiger partial charge on any atom is 0.492 e. The van der Waals surface area contributed by atoms with Gasteiger partial charge in [0.25, 0.3) is 0 Å². The quantitative estimate of drug-likeness (QED) is 0.621. The first-order chi connectivity index (χ1) is 13.2. The number of halogens is 4. The molecule has 1 heterocycles. The van der Waals surface area contributed by atoms with Crippen molar-refractivity contribution in [1.29, 1.82) is 0 Å². The zero-order valence-corrected chi connectivity index (χ0v) is 15.9. The largest absolute Gasteiger partial charge is 0.492 e. The van der Waals surface area contributed by atoms with Crippen molar-refractivity contribution in [2.75, 3.05) is 13.1 Å². The predicted molar refractivity (Wildman–Crippen MR) is 97.4 cm³/mol. The molecular formula is C20H19F4NO2S. The number of aryl methyl sites for hydroxylation is 1. The Morgan fingerprint density at radius 2 is 1.75 bits per heavy atom. The lowest BCUT2D eigenvalue weighted by Gasteiger charge is -2.31. The third-order valence-corrected chi connectivity index (χ3v) is 5.64. The molecule has 1 aliphatic heterocycles. The molecule has 3 rings (SSSR count). The standard InChI is InChI=1S/C20H19F4NO2S/c1-13-2-5-16(6-3-13)28-18-12-15(21)4-7-17(18)14-8-10-25(11-9-14)27-19(26)20(22,23)24/h2-7,12,14H,8-11H2,1H3. The number of rotatable bonds is 4. The minimum absolute atomic E-state index is 0.0504. The Bertz CT molecular complexity index is 831. The maximum atomic E-state index is 13.8. The molecule has 0 bridgehead atoms. The zero-order valence-electron chi connectivity index (χ0n) is 15.1. The van der Waals surface area contributed by atoms with Gasteiger partial charge in [-0.3, -0.25) is 0 Å². The van der Waals surface area contributed by atoms with Gasteiger partial charge >= 0.3 is 12.1 Å². The fraction of sp³-hybridized carbons (Fsp3) is 0.350. The molecule has 0 saturated carbocycles. The van der Waals surface area contributed by atoms with E-state index in [0.29, 0.717) is 12.8 Å². The molecule has 0 aliphatic carbocycles. The van der Waals surface area contributed by atoms with Gasteiger partial charge in [-0.05, 0) is 55.5 Å². The van der Waals surface area contributed by atoms with Gasteiger partial charge in [0.15, 0.2) is 0 Å². The van der Waals surface area contributed by atoms with E-state index >= 15 is 0 Å². The lowest BCUT2D eigenvalue weighted by Crippen LogP contribution is -2.39. The van der Waals surface area contributed by atoms with Gasteiger partial charge in [0.05, 0.1) is 0 Å². The second kappa shape index (κ2) is 8.53. The molecule has 8 heteroatoms. The van der Waals surface area contributed by atoms with Crippen molar-refractivity contribution < 1.29 is 27.2 Å². The van der Waals surface area contributed by atoms with E-state index in [9.17, 15) is 22.4 Å². The minimum Gasteiger partial charge on any atom is -0.361 e. The first-order valence-corrected chi connectivity index (χ1v) is 9.62. The van der Waals surface area contributed by atoms with Crippen LogP contribution >= 0.6 is 11.8 Å². The van der Waals surface area contributed by atoms with Crippen LogP contribution < -0.4 is 0 Å². The summed E-state index contributed by atoms with van der Waals surface area (Å²) in [6.45, 7) is 2.37. The molecule has 0 amide bonds. The highest BCUT2D eigenvalue weighted by Crippen LogP contribution is 2.38. The highest BCUT2D eigenvalue weighted by atomic mass is 32.2. The Balaban J connectivity index is 1.69. The van der Waals surface area contributed by atoms with Crippen molar-refractivity contribution >= 4 is 17.7 Å². The van der Waals surface area contributed by atoms with Crippen LogP contribution in [0.3, 0.4) is 0 Å². The second-order valence-corrected chi connectivity index (χ2v) is 7.79. The third-order valence-electron chi connectivity index (χ3n) is 4.56. The zero-order chi connectivity index (χ0) is 20.3. The number of hydroxylamine groups is 2. The van der Waals surface area contributed by atoms with E-state index in [1.54, 1.807) is 6.07 Å². The third kappa shape index (κ3) is 5.26. The van der Waals surface area contributed by atoms with E-state index < -0.39 is 12.1 Å². The van der Waals surface area contributed by atoms with Crippen molar-refractivity contribution in [2.45, 2.75) is 41.7 Å². The summed E-state index contributed by atoms with van der Waals surface area (Å²) in [5, 5.41) is 1.04. The summed E-state index contributed by atoms with van der Waals surface area (Å²) in [7, 11) is 0. The fourth-order valence-electron chi connectivity index (χ4n) is 3.09. The van der Waals surface area contributed by atoms with E-state index in [-0.39, 0.29) is 24.8 Å². The summed E-state index contributed by atoms with van der Waals surface area (Å²) in [5.74, 6) is -2.49. The first-order valence-electron chi connectivity index (χ1n) is 8.80. The number of piperidine rings is 1. The van der Waals surface area contributed by atoms with Crippen LogP contribution in [-0.2, 0) is 9.63 Å².